The fourth-order valence-electron chi connectivity index (χ4n) is 4.02. The molecule has 0 saturated carbocycles. The molecule has 0 aliphatic carbocycles. The zero-order chi connectivity index (χ0) is 21.4. The van der Waals surface area contributed by atoms with E-state index in [-0.39, 0.29) is 12.7 Å². The van der Waals surface area contributed by atoms with Crippen molar-refractivity contribution in [3.63, 3.8) is 0 Å². The van der Waals surface area contributed by atoms with Crippen LogP contribution in [0.15, 0.2) is 66.7 Å². The highest BCUT2D eigenvalue weighted by atomic mass is 16.7. The molecule has 4 aromatic rings. The Kier molecular flexibility index (Phi) is 4.79. The van der Waals surface area contributed by atoms with Gasteiger partial charge in [0.2, 0.25) is 6.79 Å². The van der Waals surface area contributed by atoms with Gasteiger partial charge in [0.1, 0.15) is 0 Å². The highest BCUT2D eigenvalue weighted by Crippen LogP contribution is 2.36. The second-order valence-corrected chi connectivity index (χ2v) is 7.82. The first kappa shape index (κ1) is 19.1. The molecule has 0 unspecified atom stereocenters. The summed E-state index contributed by atoms with van der Waals surface area (Å²) in [5.41, 5.74) is 6.41. The van der Waals surface area contributed by atoms with Gasteiger partial charge in [0.05, 0.1) is 16.8 Å². The number of hydrogen-bond acceptors (Lipinski definition) is 4. The molecule has 1 aliphatic heterocycles. The average Bonchev–Trinajstić information content (AvgIpc) is 3.24. The molecular formula is C26H22N2O3. The van der Waals surface area contributed by atoms with Gasteiger partial charge in [-0.25, -0.2) is 4.98 Å². The molecule has 3 aromatic carbocycles. The SMILES string of the molecule is Cc1cc(C)cc(CNC(=O)c2cc(-c3ccc4c(c3)OCO4)nc3ccccc23)c1. The van der Waals surface area contributed by atoms with Crippen molar-refractivity contribution in [2.24, 2.45) is 0 Å². The van der Waals surface area contributed by atoms with Crippen LogP contribution in [-0.4, -0.2) is 17.7 Å². The Bertz CT molecular complexity index is 1290. The van der Waals surface area contributed by atoms with Crippen LogP contribution in [-0.2, 0) is 6.54 Å². The number of aryl methyl sites for hydroxylation is 2. The molecule has 0 atom stereocenters. The van der Waals surface area contributed by atoms with Gasteiger partial charge in [-0.15, -0.1) is 0 Å². The van der Waals surface area contributed by atoms with Crippen LogP contribution in [0.4, 0.5) is 0 Å². The van der Waals surface area contributed by atoms with Gasteiger partial charge in [-0.05, 0) is 49.7 Å². The van der Waals surface area contributed by atoms with Crippen molar-refractivity contribution < 1.29 is 14.3 Å². The number of carbonyl (C=O) groups is 1. The van der Waals surface area contributed by atoms with Crippen molar-refractivity contribution in [1.82, 2.24) is 10.3 Å². The number of pyridine rings is 1. The van der Waals surface area contributed by atoms with E-state index in [0.29, 0.717) is 23.6 Å². The number of rotatable bonds is 4. The topological polar surface area (TPSA) is 60.5 Å². The second kappa shape index (κ2) is 7.76. The second-order valence-electron chi connectivity index (χ2n) is 7.82. The summed E-state index contributed by atoms with van der Waals surface area (Å²) < 4.78 is 10.9. The quantitative estimate of drug-likeness (QED) is 0.504. The Hall–Kier alpha value is -3.86. The third-order valence-electron chi connectivity index (χ3n) is 5.36. The van der Waals surface area contributed by atoms with Crippen molar-refractivity contribution in [1.29, 1.82) is 0 Å². The Morgan fingerprint density at radius 2 is 1.71 bits per heavy atom. The number of benzene rings is 3. The van der Waals surface area contributed by atoms with Crippen molar-refractivity contribution in [2.75, 3.05) is 6.79 Å². The van der Waals surface area contributed by atoms with Gasteiger partial charge in [0.25, 0.3) is 5.91 Å². The molecule has 5 nitrogen and oxygen atoms in total. The number of nitrogens with one attached hydrogen (secondary N) is 1. The minimum Gasteiger partial charge on any atom is -0.454 e. The summed E-state index contributed by atoms with van der Waals surface area (Å²) in [5, 5.41) is 3.89. The molecule has 1 N–H and O–H groups in total. The van der Waals surface area contributed by atoms with Crippen LogP contribution in [0.5, 0.6) is 11.5 Å². The third kappa shape index (κ3) is 3.82. The molecule has 0 radical (unpaired) electrons. The lowest BCUT2D eigenvalue weighted by molar-refractivity contribution is 0.0952. The lowest BCUT2D eigenvalue weighted by Gasteiger charge is -2.12. The predicted octanol–water partition coefficient (Wildman–Crippen LogP) is 5.18. The van der Waals surface area contributed by atoms with E-state index in [0.717, 1.165) is 27.8 Å². The van der Waals surface area contributed by atoms with E-state index in [1.54, 1.807) is 0 Å². The minimum atomic E-state index is -0.125. The van der Waals surface area contributed by atoms with Gasteiger partial charge >= 0.3 is 0 Å². The highest BCUT2D eigenvalue weighted by molar-refractivity contribution is 6.07. The number of ether oxygens (including phenoxy) is 2. The van der Waals surface area contributed by atoms with Crippen LogP contribution in [0.25, 0.3) is 22.2 Å². The molecule has 154 valence electrons. The summed E-state index contributed by atoms with van der Waals surface area (Å²) in [6.07, 6.45) is 0. The van der Waals surface area contributed by atoms with Gasteiger partial charge in [0, 0.05) is 17.5 Å². The fraction of sp³-hybridized carbons (Fsp3) is 0.154. The van der Waals surface area contributed by atoms with E-state index in [1.165, 1.54) is 11.1 Å². The molecule has 31 heavy (non-hydrogen) atoms. The maximum Gasteiger partial charge on any atom is 0.252 e. The average molecular weight is 410 g/mol. The maximum atomic E-state index is 13.2. The summed E-state index contributed by atoms with van der Waals surface area (Å²) in [4.78, 5) is 18.0. The predicted molar refractivity (Wildman–Crippen MR) is 120 cm³/mol. The zero-order valence-electron chi connectivity index (χ0n) is 17.4. The van der Waals surface area contributed by atoms with Gasteiger partial charge < -0.3 is 14.8 Å². The molecule has 5 rings (SSSR count). The number of nitrogens with zero attached hydrogens (tertiary/aromatic N) is 1. The molecule has 0 saturated heterocycles. The summed E-state index contributed by atoms with van der Waals surface area (Å²) in [6.45, 7) is 4.81. The molecule has 1 aromatic heterocycles. The lowest BCUT2D eigenvalue weighted by atomic mass is 10.0. The molecule has 0 bridgehead atoms. The maximum absolute atomic E-state index is 13.2. The van der Waals surface area contributed by atoms with Crippen molar-refractivity contribution in [3.8, 4) is 22.8 Å². The van der Waals surface area contributed by atoms with Crippen molar-refractivity contribution >= 4 is 16.8 Å². The van der Waals surface area contributed by atoms with E-state index < -0.39 is 0 Å². The largest absolute Gasteiger partial charge is 0.454 e. The molecular weight excluding hydrogens is 388 g/mol. The first-order valence-electron chi connectivity index (χ1n) is 10.2. The van der Waals surface area contributed by atoms with Crippen molar-refractivity contribution in [2.45, 2.75) is 20.4 Å². The van der Waals surface area contributed by atoms with E-state index in [4.69, 9.17) is 14.5 Å². The summed E-state index contributed by atoms with van der Waals surface area (Å²) >= 11 is 0. The first-order valence-corrected chi connectivity index (χ1v) is 10.2. The number of carbonyl (C=O) groups excluding carboxylic acids is 1. The number of amides is 1. The molecule has 0 spiro atoms. The zero-order valence-corrected chi connectivity index (χ0v) is 17.4. The smallest absolute Gasteiger partial charge is 0.252 e. The van der Waals surface area contributed by atoms with Crippen LogP contribution in [0.1, 0.15) is 27.0 Å². The van der Waals surface area contributed by atoms with Gasteiger partial charge in [-0.1, -0.05) is 47.5 Å². The van der Waals surface area contributed by atoms with Crippen LogP contribution in [0, 0.1) is 13.8 Å². The monoisotopic (exact) mass is 410 g/mol. The van der Waals surface area contributed by atoms with Gasteiger partial charge in [-0.2, -0.15) is 0 Å². The summed E-state index contributed by atoms with van der Waals surface area (Å²) in [7, 11) is 0. The Morgan fingerprint density at radius 1 is 0.935 bits per heavy atom. The molecule has 1 aliphatic rings. The van der Waals surface area contributed by atoms with Crippen LogP contribution >= 0.6 is 0 Å². The number of hydrogen-bond donors (Lipinski definition) is 1. The minimum absolute atomic E-state index is 0.125. The first-order chi connectivity index (χ1) is 15.1. The molecule has 5 heteroatoms. The van der Waals surface area contributed by atoms with Gasteiger partial charge in [0.15, 0.2) is 11.5 Å². The van der Waals surface area contributed by atoms with Crippen LogP contribution in [0.2, 0.25) is 0 Å². The van der Waals surface area contributed by atoms with Crippen LogP contribution in [0.3, 0.4) is 0 Å². The van der Waals surface area contributed by atoms with E-state index in [1.807, 2.05) is 48.5 Å². The van der Waals surface area contributed by atoms with E-state index in [9.17, 15) is 4.79 Å². The summed E-state index contributed by atoms with van der Waals surface area (Å²) in [5.74, 6) is 1.28. The van der Waals surface area contributed by atoms with E-state index >= 15 is 0 Å². The summed E-state index contributed by atoms with van der Waals surface area (Å²) in [6, 6.07) is 21.6. The third-order valence-corrected chi connectivity index (χ3v) is 5.36. The highest BCUT2D eigenvalue weighted by Gasteiger charge is 2.17. The Morgan fingerprint density at radius 3 is 2.55 bits per heavy atom. The molecule has 0 fully saturated rings. The Labute approximate surface area is 180 Å². The Balaban J connectivity index is 1.50. The van der Waals surface area contributed by atoms with E-state index in [2.05, 4.69) is 37.4 Å². The number of para-hydroxylation sites is 1. The normalized spacial score (nSPS) is 12.2. The standard InChI is InChI=1S/C26H22N2O3/c1-16-9-17(2)11-18(10-16)14-27-26(29)21-13-23(28-22-6-4-3-5-20(21)22)19-7-8-24-25(12-19)31-15-30-24/h3-13H,14-15H2,1-2H3,(H,27,29). The number of aromatic nitrogens is 1. The number of fused-ring (bicyclic) bond motifs is 2. The fourth-order valence-corrected chi connectivity index (χ4v) is 4.02. The molecule has 2 heterocycles. The molecule has 1 amide bonds. The van der Waals surface area contributed by atoms with Gasteiger partial charge in [-0.3, -0.25) is 4.79 Å². The lowest BCUT2D eigenvalue weighted by Crippen LogP contribution is -2.23. The van der Waals surface area contributed by atoms with Crippen molar-refractivity contribution in [3.05, 3.63) is 89.0 Å². The van der Waals surface area contributed by atoms with Crippen LogP contribution < -0.4 is 14.8 Å².